The minimum absolute atomic E-state index is 0.137. The molecule has 0 radical (unpaired) electrons. The predicted molar refractivity (Wildman–Crippen MR) is 96.2 cm³/mol. The van der Waals surface area contributed by atoms with Crippen molar-refractivity contribution in [1.29, 1.82) is 0 Å². The van der Waals surface area contributed by atoms with E-state index in [1.54, 1.807) is 0 Å². The Morgan fingerprint density at radius 2 is 1.52 bits per heavy atom. The second kappa shape index (κ2) is 6.76. The zero-order valence-corrected chi connectivity index (χ0v) is 14.5. The number of fused-ring (bicyclic) bond motifs is 1. The van der Waals surface area contributed by atoms with Crippen molar-refractivity contribution in [3.8, 4) is 11.5 Å². The molecule has 1 aliphatic carbocycles. The highest BCUT2D eigenvalue weighted by molar-refractivity contribution is 5.40. The molecule has 2 aromatic rings. The van der Waals surface area contributed by atoms with Gasteiger partial charge >= 0.3 is 0 Å². The molecule has 3 rings (SSSR count). The van der Waals surface area contributed by atoms with E-state index in [0.717, 1.165) is 18.0 Å². The Labute approximate surface area is 139 Å². The topological polar surface area (TPSA) is 21.3 Å². The van der Waals surface area contributed by atoms with E-state index in [2.05, 4.69) is 68.6 Å². The highest BCUT2D eigenvalue weighted by Gasteiger charge is 2.11. The van der Waals surface area contributed by atoms with E-state index in [1.165, 1.54) is 42.4 Å². The van der Waals surface area contributed by atoms with E-state index in [0.29, 0.717) is 0 Å². The molecule has 2 aromatic carbocycles. The van der Waals surface area contributed by atoms with Crippen LogP contribution in [0.25, 0.3) is 0 Å². The van der Waals surface area contributed by atoms with Crippen LogP contribution in [0.5, 0.6) is 11.5 Å². The lowest BCUT2D eigenvalue weighted by atomic mass is 9.92. The molecule has 0 aliphatic heterocycles. The summed E-state index contributed by atoms with van der Waals surface area (Å²) >= 11 is 0. The molecule has 0 fully saturated rings. The fourth-order valence-corrected chi connectivity index (χ4v) is 2.95. The zero-order chi connectivity index (χ0) is 16.3. The molecular weight excluding hydrogens is 282 g/mol. The maximum absolute atomic E-state index is 6.02. The predicted octanol–water partition coefficient (Wildman–Crippen LogP) is 5.25. The van der Waals surface area contributed by atoms with Crippen LogP contribution in [0.3, 0.4) is 0 Å². The van der Waals surface area contributed by atoms with Crippen LogP contribution in [0.15, 0.2) is 42.5 Å². The lowest BCUT2D eigenvalue weighted by Crippen LogP contribution is -2.34. The molecule has 2 nitrogen and oxygen atoms in total. The molecule has 2 heteroatoms. The molecule has 0 aromatic heterocycles. The molecule has 0 unspecified atom stereocenters. The first kappa shape index (κ1) is 16.1. The molecule has 0 saturated heterocycles. The summed E-state index contributed by atoms with van der Waals surface area (Å²) in [6.07, 6.45) is 5.01. The van der Waals surface area contributed by atoms with Gasteiger partial charge in [0, 0.05) is 12.1 Å². The van der Waals surface area contributed by atoms with Gasteiger partial charge < -0.3 is 10.1 Å². The minimum atomic E-state index is 0.137. The highest BCUT2D eigenvalue weighted by atomic mass is 16.5. The lowest BCUT2D eigenvalue weighted by molar-refractivity contribution is 0.424. The van der Waals surface area contributed by atoms with Gasteiger partial charge in [0.1, 0.15) is 11.5 Å². The average Bonchev–Trinajstić information content (AvgIpc) is 2.53. The Balaban J connectivity index is 1.64. The van der Waals surface area contributed by atoms with Crippen LogP contribution >= 0.6 is 0 Å². The van der Waals surface area contributed by atoms with Crippen molar-refractivity contribution < 1.29 is 4.74 Å². The van der Waals surface area contributed by atoms with Crippen molar-refractivity contribution in [2.75, 3.05) is 0 Å². The monoisotopic (exact) mass is 309 g/mol. The van der Waals surface area contributed by atoms with Crippen LogP contribution in [0.1, 0.15) is 50.3 Å². The summed E-state index contributed by atoms with van der Waals surface area (Å²) in [6, 6.07) is 14.9. The van der Waals surface area contributed by atoms with Crippen molar-refractivity contribution >= 4 is 0 Å². The first-order chi connectivity index (χ1) is 11.0. The smallest absolute Gasteiger partial charge is 0.127 e. The number of hydrogen-bond acceptors (Lipinski definition) is 2. The Kier molecular flexibility index (Phi) is 4.72. The van der Waals surface area contributed by atoms with Gasteiger partial charge in [-0.25, -0.2) is 0 Å². The molecule has 0 heterocycles. The third-order valence-corrected chi connectivity index (χ3v) is 4.30. The summed E-state index contributed by atoms with van der Waals surface area (Å²) in [5.41, 5.74) is 4.36. The number of nitrogens with one attached hydrogen (secondary N) is 1. The second-order valence-corrected chi connectivity index (χ2v) is 7.49. The number of benzene rings is 2. The molecule has 0 saturated carbocycles. The summed E-state index contributed by atoms with van der Waals surface area (Å²) in [6.45, 7) is 7.42. The fraction of sp³-hybridized carbons (Fsp3) is 0.429. The zero-order valence-electron chi connectivity index (χ0n) is 14.5. The van der Waals surface area contributed by atoms with E-state index in [-0.39, 0.29) is 5.54 Å². The first-order valence-corrected chi connectivity index (χ1v) is 8.63. The van der Waals surface area contributed by atoms with Gasteiger partial charge in [-0.3, -0.25) is 0 Å². The van der Waals surface area contributed by atoms with Gasteiger partial charge in [-0.05, 0) is 87.4 Å². The summed E-state index contributed by atoms with van der Waals surface area (Å²) in [5.74, 6) is 1.85. The van der Waals surface area contributed by atoms with Gasteiger partial charge in [0.05, 0.1) is 0 Å². The van der Waals surface area contributed by atoms with Crippen LogP contribution < -0.4 is 10.1 Å². The summed E-state index contributed by atoms with van der Waals surface area (Å²) in [4.78, 5) is 0. The van der Waals surface area contributed by atoms with Gasteiger partial charge in [0.15, 0.2) is 0 Å². The SMILES string of the molecule is CC(C)(C)NCc1ccc(Oc2ccc3c(c2)CCCC3)cc1. The lowest BCUT2D eigenvalue weighted by Gasteiger charge is -2.20. The number of hydrogen-bond donors (Lipinski definition) is 1. The van der Waals surface area contributed by atoms with Crippen LogP contribution in [-0.2, 0) is 19.4 Å². The van der Waals surface area contributed by atoms with E-state index < -0.39 is 0 Å². The average molecular weight is 309 g/mol. The van der Waals surface area contributed by atoms with Crippen molar-refractivity contribution in [2.45, 2.75) is 58.5 Å². The van der Waals surface area contributed by atoms with Gasteiger partial charge in [0.25, 0.3) is 0 Å². The quantitative estimate of drug-likeness (QED) is 0.833. The summed E-state index contributed by atoms with van der Waals surface area (Å²) in [5, 5.41) is 3.50. The minimum Gasteiger partial charge on any atom is -0.457 e. The molecule has 0 bridgehead atoms. The van der Waals surface area contributed by atoms with Crippen molar-refractivity contribution in [3.05, 3.63) is 59.2 Å². The summed E-state index contributed by atoms with van der Waals surface area (Å²) in [7, 11) is 0. The summed E-state index contributed by atoms with van der Waals surface area (Å²) < 4.78 is 6.02. The van der Waals surface area contributed by atoms with Gasteiger partial charge in [-0.1, -0.05) is 18.2 Å². The molecule has 0 atom stereocenters. The van der Waals surface area contributed by atoms with Crippen LogP contribution in [0.4, 0.5) is 0 Å². The molecule has 1 N–H and O–H groups in total. The third-order valence-electron chi connectivity index (χ3n) is 4.30. The Bertz CT molecular complexity index is 653. The highest BCUT2D eigenvalue weighted by Crippen LogP contribution is 2.28. The van der Waals surface area contributed by atoms with Crippen LogP contribution in [0.2, 0.25) is 0 Å². The van der Waals surface area contributed by atoms with Gasteiger partial charge in [0.2, 0.25) is 0 Å². The maximum atomic E-state index is 6.02. The van der Waals surface area contributed by atoms with Crippen LogP contribution in [0, 0.1) is 0 Å². The first-order valence-electron chi connectivity index (χ1n) is 8.63. The van der Waals surface area contributed by atoms with Crippen molar-refractivity contribution in [1.82, 2.24) is 5.32 Å². The number of rotatable bonds is 4. The van der Waals surface area contributed by atoms with Gasteiger partial charge in [-0.15, -0.1) is 0 Å². The molecule has 122 valence electrons. The van der Waals surface area contributed by atoms with Crippen molar-refractivity contribution in [3.63, 3.8) is 0 Å². The fourth-order valence-electron chi connectivity index (χ4n) is 2.95. The molecular formula is C21H27NO. The van der Waals surface area contributed by atoms with E-state index in [4.69, 9.17) is 4.74 Å². The van der Waals surface area contributed by atoms with E-state index in [9.17, 15) is 0 Å². The van der Waals surface area contributed by atoms with E-state index >= 15 is 0 Å². The van der Waals surface area contributed by atoms with Crippen LogP contribution in [-0.4, -0.2) is 5.54 Å². The van der Waals surface area contributed by atoms with Gasteiger partial charge in [-0.2, -0.15) is 0 Å². The molecule has 1 aliphatic rings. The molecule has 23 heavy (non-hydrogen) atoms. The number of aryl methyl sites for hydroxylation is 2. The maximum Gasteiger partial charge on any atom is 0.127 e. The Hall–Kier alpha value is -1.80. The standard InChI is InChI=1S/C21H27NO/c1-21(2,3)22-15-16-8-11-19(12-9-16)23-20-13-10-17-6-4-5-7-18(17)14-20/h8-14,22H,4-7,15H2,1-3H3. The van der Waals surface area contributed by atoms with E-state index in [1.807, 2.05) is 0 Å². The third kappa shape index (κ3) is 4.59. The normalized spacial score (nSPS) is 14.4. The number of ether oxygens (including phenoxy) is 1. The largest absolute Gasteiger partial charge is 0.457 e. The molecule has 0 amide bonds. The van der Waals surface area contributed by atoms with Crippen molar-refractivity contribution in [2.24, 2.45) is 0 Å². The second-order valence-electron chi connectivity index (χ2n) is 7.49. The Morgan fingerprint density at radius 1 is 0.870 bits per heavy atom. The molecule has 0 spiro atoms. The Morgan fingerprint density at radius 3 is 2.22 bits per heavy atom.